The van der Waals surface area contributed by atoms with Crippen molar-refractivity contribution in [3.05, 3.63) is 58.7 Å². The molecule has 3 fully saturated rings. The predicted molar refractivity (Wildman–Crippen MR) is 135 cm³/mol. The van der Waals surface area contributed by atoms with E-state index in [9.17, 15) is 9.59 Å². The molecule has 8 heteroatoms. The van der Waals surface area contributed by atoms with Gasteiger partial charge in [-0.05, 0) is 79.8 Å². The second kappa shape index (κ2) is 7.91. The Morgan fingerprint density at radius 1 is 0.889 bits per heavy atom. The number of rotatable bonds is 4. The number of nitrogens with zero attached hydrogens (tertiary/aromatic N) is 4. The molecule has 2 aromatic carbocycles. The van der Waals surface area contributed by atoms with Crippen LogP contribution in [0.2, 0.25) is 0 Å². The van der Waals surface area contributed by atoms with Crippen molar-refractivity contribution >= 4 is 28.9 Å². The second-order valence-electron chi connectivity index (χ2n) is 10.9. The minimum atomic E-state index is 0.0546. The Kier molecular flexibility index (Phi) is 4.75. The van der Waals surface area contributed by atoms with Crippen molar-refractivity contribution in [3.8, 4) is 5.75 Å². The molecule has 0 bridgehead atoms. The van der Waals surface area contributed by atoms with Crippen LogP contribution in [0.5, 0.6) is 5.75 Å². The number of benzene rings is 2. The number of hydrogen-bond acceptors (Lipinski definition) is 5. The Balaban J connectivity index is 1.04. The molecule has 2 aliphatic heterocycles. The van der Waals surface area contributed by atoms with Crippen LogP contribution in [-0.4, -0.2) is 69.3 Å². The summed E-state index contributed by atoms with van der Waals surface area (Å²) in [5.74, 6) is 2.84. The summed E-state index contributed by atoms with van der Waals surface area (Å²) in [5, 5.41) is 10.8. The average Bonchev–Trinajstić information content (AvgIpc) is 3.65. The van der Waals surface area contributed by atoms with Crippen molar-refractivity contribution in [3.63, 3.8) is 0 Å². The number of hydrogen-bond donors (Lipinski definition) is 1. The molecule has 3 heterocycles. The van der Waals surface area contributed by atoms with Crippen molar-refractivity contribution < 1.29 is 14.3 Å². The van der Waals surface area contributed by atoms with E-state index in [0.29, 0.717) is 34.8 Å². The number of fused-ring (bicyclic) bond motifs is 6. The normalized spacial score (nSPS) is 25.8. The largest absolute Gasteiger partial charge is 0.490 e. The first-order valence-electron chi connectivity index (χ1n) is 12.9. The molecule has 0 unspecified atom stereocenters. The van der Waals surface area contributed by atoms with Crippen LogP contribution in [-0.2, 0) is 6.42 Å². The number of aromatic nitrogens is 3. The number of ether oxygens (including phenoxy) is 1. The van der Waals surface area contributed by atoms with E-state index < -0.39 is 0 Å². The van der Waals surface area contributed by atoms with Crippen LogP contribution in [0.3, 0.4) is 0 Å². The first-order valence-corrected chi connectivity index (χ1v) is 12.9. The van der Waals surface area contributed by atoms with E-state index in [1.165, 1.54) is 0 Å². The highest BCUT2D eigenvalue weighted by Crippen LogP contribution is 2.54. The van der Waals surface area contributed by atoms with Crippen molar-refractivity contribution in [1.29, 1.82) is 0 Å². The van der Waals surface area contributed by atoms with Gasteiger partial charge in [0.2, 0.25) is 0 Å². The molecular formula is C28H29N5O3. The van der Waals surface area contributed by atoms with Crippen LogP contribution in [0.4, 0.5) is 0 Å². The monoisotopic (exact) mass is 483 g/mol. The highest BCUT2D eigenvalue weighted by atomic mass is 16.5. The van der Waals surface area contributed by atoms with E-state index in [4.69, 9.17) is 4.74 Å². The number of H-pyrrole nitrogens is 1. The van der Waals surface area contributed by atoms with E-state index >= 15 is 0 Å². The zero-order valence-electron chi connectivity index (χ0n) is 20.5. The summed E-state index contributed by atoms with van der Waals surface area (Å²) in [6.45, 7) is 7.09. The van der Waals surface area contributed by atoms with Gasteiger partial charge in [-0.3, -0.25) is 9.59 Å². The smallest absolute Gasteiger partial charge is 0.254 e. The molecule has 1 saturated carbocycles. The fourth-order valence-electron chi connectivity index (χ4n) is 6.87. The standard InChI is InChI=1S/C28H29N5O3/c1-15(2)36-26-10-18(8-16-4-3-5-19(16)26)28(35)33-13-22-20-11-32(12-21(20)23(22)14-33)27(34)17-6-7-24-25(9-17)30-31-29-24/h3,5-10,15,20-23H,4,11-14H2,1-2H3,(H,29,30,31)/t20-,21+,22+,23-. The van der Waals surface area contributed by atoms with Gasteiger partial charge in [-0.25, -0.2) is 0 Å². The Morgan fingerprint density at radius 2 is 1.53 bits per heavy atom. The topological polar surface area (TPSA) is 91.4 Å². The van der Waals surface area contributed by atoms with E-state index in [1.54, 1.807) is 0 Å². The molecular weight excluding hydrogens is 454 g/mol. The van der Waals surface area contributed by atoms with E-state index in [1.807, 2.05) is 54.0 Å². The van der Waals surface area contributed by atoms with Crippen LogP contribution >= 0.6 is 0 Å². The fourth-order valence-corrected chi connectivity index (χ4v) is 6.87. The van der Waals surface area contributed by atoms with Gasteiger partial charge in [-0.2, -0.15) is 15.4 Å². The third-order valence-electron chi connectivity index (χ3n) is 8.52. The highest BCUT2D eigenvalue weighted by Gasteiger charge is 2.59. The number of allylic oxidation sites excluding steroid dienone is 1. The van der Waals surface area contributed by atoms with Crippen molar-refractivity contribution in [2.24, 2.45) is 23.7 Å². The lowest BCUT2D eigenvalue weighted by molar-refractivity contribution is 0.0629. The number of carbonyl (C=O) groups excluding carboxylic acids is 2. The van der Waals surface area contributed by atoms with E-state index in [2.05, 4.69) is 27.6 Å². The predicted octanol–water partition coefficient (Wildman–Crippen LogP) is 3.40. The SMILES string of the molecule is CC(C)Oc1cc(C(=O)N2C[C@@H]3[C@H](C2)[C@H]2CN(C(=O)c4ccc5n[nH]nc5c4)C[C@@H]32)cc2c1C=CC2. The molecule has 184 valence electrons. The Bertz CT molecular complexity index is 1410. The van der Waals surface area contributed by atoms with E-state index in [0.717, 1.165) is 60.6 Å². The summed E-state index contributed by atoms with van der Waals surface area (Å²) in [4.78, 5) is 30.8. The molecule has 2 aliphatic carbocycles. The minimum Gasteiger partial charge on any atom is -0.490 e. The van der Waals surface area contributed by atoms with E-state index in [-0.39, 0.29) is 17.9 Å². The number of aromatic amines is 1. The molecule has 36 heavy (non-hydrogen) atoms. The first kappa shape index (κ1) is 21.6. The number of carbonyl (C=O) groups is 2. The summed E-state index contributed by atoms with van der Waals surface area (Å²) >= 11 is 0. The molecule has 8 nitrogen and oxygen atoms in total. The maximum atomic E-state index is 13.5. The van der Waals surface area contributed by atoms with Gasteiger partial charge in [0.15, 0.2) is 0 Å². The lowest BCUT2D eigenvalue weighted by atomic mass is 9.60. The van der Waals surface area contributed by atoms with Gasteiger partial charge in [0.25, 0.3) is 11.8 Å². The summed E-state index contributed by atoms with van der Waals surface area (Å²) < 4.78 is 6.05. The molecule has 7 rings (SSSR count). The molecule has 3 aromatic rings. The molecule has 4 aliphatic rings. The Morgan fingerprint density at radius 3 is 2.19 bits per heavy atom. The van der Waals surface area contributed by atoms with Crippen LogP contribution in [0, 0.1) is 23.7 Å². The van der Waals surface area contributed by atoms with Gasteiger partial charge >= 0.3 is 0 Å². The zero-order valence-corrected chi connectivity index (χ0v) is 20.5. The second-order valence-corrected chi connectivity index (χ2v) is 10.9. The minimum absolute atomic E-state index is 0.0546. The molecule has 1 aromatic heterocycles. The van der Waals surface area contributed by atoms with Gasteiger partial charge in [-0.15, -0.1) is 0 Å². The zero-order chi connectivity index (χ0) is 24.6. The summed E-state index contributed by atoms with van der Waals surface area (Å²) in [5.41, 5.74) is 5.11. The molecule has 1 N–H and O–H groups in total. The van der Waals surface area contributed by atoms with Crippen molar-refractivity contribution in [1.82, 2.24) is 25.2 Å². The van der Waals surface area contributed by atoms with Crippen molar-refractivity contribution in [2.45, 2.75) is 26.4 Å². The maximum absolute atomic E-state index is 13.5. The number of nitrogens with one attached hydrogen (secondary N) is 1. The summed E-state index contributed by atoms with van der Waals surface area (Å²) in [6.07, 6.45) is 5.11. The van der Waals surface area contributed by atoms with Crippen LogP contribution in [0.25, 0.3) is 17.1 Å². The maximum Gasteiger partial charge on any atom is 0.254 e. The first-order chi connectivity index (χ1) is 17.5. The fraction of sp³-hybridized carbons (Fsp3) is 0.429. The third kappa shape index (κ3) is 3.27. The summed E-state index contributed by atoms with van der Waals surface area (Å²) in [7, 11) is 0. The van der Waals surface area contributed by atoms with Gasteiger partial charge in [0.1, 0.15) is 16.8 Å². The quantitative estimate of drug-likeness (QED) is 0.614. The van der Waals surface area contributed by atoms with Gasteiger partial charge in [0, 0.05) is 42.9 Å². The molecule has 0 spiro atoms. The third-order valence-corrected chi connectivity index (χ3v) is 8.52. The lowest BCUT2D eigenvalue weighted by Crippen LogP contribution is -2.44. The van der Waals surface area contributed by atoms with Crippen molar-refractivity contribution in [2.75, 3.05) is 26.2 Å². The summed E-state index contributed by atoms with van der Waals surface area (Å²) in [6, 6.07) is 9.44. The number of amides is 2. The van der Waals surface area contributed by atoms with Crippen LogP contribution < -0.4 is 4.74 Å². The number of likely N-dealkylation sites (tertiary alicyclic amines) is 2. The molecule has 2 saturated heterocycles. The van der Waals surface area contributed by atoms with Gasteiger partial charge < -0.3 is 14.5 Å². The Hall–Kier alpha value is -3.68. The molecule has 2 amide bonds. The Labute approximate surface area is 209 Å². The van der Waals surface area contributed by atoms with Gasteiger partial charge in [-0.1, -0.05) is 12.2 Å². The highest BCUT2D eigenvalue weighted by molar-refractivity contribution is 5.98. The van der Waals surface area contributed by atoms with Crippen LogP contribution in [0.1, 0.15) is 45.7 Å². The molecule has 0 radical (unpaired) electrons. The average molecular weight is 484 g/mol. The lowest BCUT2D eigenvalue weighted by Gasteiger charge is -2.42. The molecule has 4 atom stereocenters. The van der Waals surface area contributed by atoms with Gasteiger partial charge in [0.05, 0.1) is 6.10 Å². The van der Waals surface area contributed by atoms with Crippen LogP contribution in [0.15, 0.2) is 36.4 Å².